The van der Waals surface area contributed by atoms with Crippen LogP contribution in [0.3, 0.4) is 0 Å². The first-order valence-corrected chi connectivity index (χ1v) is 8.56. The molecule has 0 saturated heterocycles. The molecule has 1 heterocycles. The van der Waals surface area contributed by atoms with E-state index in [1.54, 1.807) is 25.2 Å². The number of hydrogen-bond acceptors (Lipinski definition) is 2. The second kappa shape index (κ2) is 7.42. The van der Waals surface area contributed by atoms with Gasteiger partial charge in [-0.15, -0.1) is 0 Å². The maximum absolute atomic E-state index is 13.4. The molecule has 1 N–H and O–H groups in total. The molecule has 27 heavy (non-hydrogen) atoms. The molecule has 7 heteroatoms. The molecule has 0 spiro atoms. The number of halogens is 3. The van der Waals surface area contributed by atoms with Crippen molar-refractivity contribution in [3.05, 3.63) is 65.2 Å². The standard InChI is InChI=1S/C20H19F3N2O2/c1-25-17-9-7-15(11-14(17)8-10-18(25)26)19(27)24-12-16(20(21,22)23)13-5-3-2-4-6-13/h2-7,9,11,16H,8,10,12H2,1H3,(H,24,27). The summed E-state index contributed by atoms with van der Waals surface area (Å²) >= 11 is 0. The van der Waals surface area contributed by atoms with Crippen molar-refractivity contribution in [2.75, 3.05) is 18.5 Å². The SMILES string of the molecule is CN1C(=O)CCc2cc(C(=O)NCC(c3ccccc3)C(F)(F)F)ccc21. The highest BCUT2D eigenvalue weighted by Gasteiger charge is 2.40. The highest BCUT2D eigenvalue weighted by atomic mass is 19.4. The van der Waals surface area contributed by atoms with E-state index in [0.29, 0.717) is 12.8 Å². The third-order valence-electron chi connectivity index (χ3n) is 4.75. The van der Waals surface area contributed by atoms with E-state index in [1.807, 2.05) is 0 Å². The number of carbonyl (C=O) groups excluding carboxylic acids is 2. The Bertz CT molecular complexity index is 850. The summed E-state index contributed by atoms with van der Waals surface area (Å²) in [5.41, 5.74) is 1.95. The summed E-state index contributed by atoms with van der Waals surface area (Å²) in [5.74, 6) is -2.35. The Balaban J connectivity index is 1.74. The lowest BCUT2D eigenvalue weighted by Crippen LogP contribution is -2.35. The second-order valence-electron chi connectivity index (χ2n) is 6.51. The molecule has 1 aliphatic heterocycles. The van der Waals surface area contributed by atoms with Gasteiger partial charge in [0.1, 0.15) is 0 Å². The van der Waals surface area contributed by atoms with Crippen molar-refractivity contribution in [2.45, 2.75) is 24.9 Å². The van der Waals surface area contributed by atoms with Gasteiger partial charge in [0.15, 0.2) is 0 Å². The van der Waals surface area contributed by atoms with Gasteiger partial charge < -0.3 is 10.2 Å². The predicted molar refractivity (Wildman–Crippen MR) is 95.7 cm³/mol. The van der Waals surface area contributed by atoms with Crippen LogP contribution in [0.5, 0.6) is 0 Å². The number of amides is 2. The van der Waals surface area contributed by atoms with Crippen LogP contribution in [0.15, 0.2) is 48.5 Å². The first-order valence-electron chi connectivity index (χ1n) is 8.56. The van der Waals surface area contributed by atoms with E-state index in [2.05, 4.69) is 5.32 Å². The Labute approximate surface area is 155 Å². The molecule has 142 valence electrons. The van der Waals surface area contributed by atoms with E-state index in [0.717, 1.165) is 11.3 Å². The number of nitrogens with zero attached hydrogens (tertiary/aromatic N) is 1. The smallest absolute Gasteiger partial charge is 0.351 e. The van der Waals surface area contributed by atoms with E-state index < -0.39 is 24.5 Å². The van der Waals surface area contributed by atoms with E-state index in [4.69, 9.17) is 0 Å². The van der Waals surface area contributed by atoms with Crippen LogP contribution in [-0.4, -0.2) is 31.6 Å². The summed E-state index contributed by atoms with van der Waals surface area (Å²) in [4.78, 5) is 25.6. The molecule has 0 saturated carbocycles. The van der Waals surface area contributed by atoms with Gasteiger partial charge in [0.2, 0.25) is 5.91 Å². The maximum atomic E-state index is 13.4. The molecule has 3 rings (SSSR count). The Morgan fingerprint density at radius 1 is 1.15 bits per heavy atom. The third kappa shape index (κ3) is 4.13. The van der Waals surface area contributed by atoms with E-state index in [1.165, 1.54) is 35.2 Å². The van der Waals surface area contributed by atoms with Gasteiger partial charge in [-0.3, -0.25) is 9.59 Å². The van der Waals surface area contributed by atoms with Gasteiger partial charge in [-0.1, -0.05) is 30.3 Å². The monoisotopic (exact) mass is 376 g/mol. The zero-order valence-corrected chi connectivity index (χ0v) is 14.7. The quantitative estimate of drug-likeness (QED) is 0.885. The summed E-state index contributed by atoms with van der Waals surface area (Å²) < 4.78 is 40.1. The van der Waals surface area contributed by atoms with E-state index >= 15 is 0 Å². The van der Waals surface area contributed by atoms with Crippen LogP contribution in [0, 0.1) is 0 Å². The number of nitrogens with one attached hydrogen (secondary N) is 1. The highest BCUT2D eigenvalue weighted by Crippen LogP contribution is 2.34. The molecular weight excluding hydrogens is 357 g/mol. The minimum atomic E-state index is -4.46. The lowest BCUT2D eigenvalue weighted by molar-refractivity contribution is -0.149. The van der Waals surface area contributed by atoms with Crippen molar-refractivity contribution in [1.29, 1.82) is 0 Å². The molecule has 1 atom stereocenters. The maximum Gasteiger partial charge on any atom is 0.397 e. The molecule has 0 radical (unpaired) electrons. The van der Waals surface area contributed by atoms with Gasteiger partial charge in [0.05, 0.1) is 5.92 Å². The normalized spacial score (nSPS) is 15.3. The highest BCUT2D eigenvalue weighted by molar-refractivity contribution is 5.98. The molecule has 0 aliphatic carbocycles. The average molecular weight is 376 g/mol. The van der Waals surface area contributed by atoms with Gasteiger partial charge in [0.25, 0.3) is 5.91 Å². The Morgan fingerprint density at radius 2 is 1.85 bits per heavy atom. The molecule has 1 unspecified atom stereocenters. The fourth-order valence-electron chi connectivity index (χ4n) is 3.20. The number of hydrogen-bond donors (Lipinski definition) is 1. The molecular formula is C20H19F3N2O2. The van der Waals surface area contributed by atoms with Crippen LogP contribution in [0.2, 0.25) is 0 Å². The molecule has 4 nitrogen and oxygen atoms in total. The first-order chi connectivity index (χ1) is 12.8. The number of rotatable bonds is 4. The molecule has 0 bridgehead atoms. The van der Waals surface area contributed by atoms with Gasteiger partial charge in [-0.05, 0) is 35.7 Å². The summed E-state index contributed by atoms with van der Waals surface area (Å²) in [7, 11) is 1.66. The van der Waals surface area contributed by atoms with Crippen molar-refractivity contribution >= 4 is 17.5 Å². The fourth-order valence-corrected chi connectivity index (χ4v) is 3.20. The number of fused-ring (bicyclic) bond motifs is 1. The lowest BCUT2D eigenvalue weighted by atomic mass is 9.97. The van der Waals surface area contributed by atoms with Gasteiger partial charge in [-0.2, -0.15) is 13.2 Å². The lowest BCUT2D eigenvalue weighted by Gasteiger charge is -2.26. The minimum absolute atomic E-state index is 0.00409. The zero-order chi connectivity index (χ0) is 19.6. The van der Waals surface area contributed by atoms with Crippen LogP contribution < -0.4 is 10.2 Å². The minimum Gasteiger partial charge on any atom is -0.351 e. The zero-order valence-electron chi connectivity index (χ0n) is 14.7. The van der Waals surface area contributed by atoms with Crippen LogP contribution in [0.25, 0.3) is 0 Å². The molecule has 2 amide bonds. The van der Waals surface area contributed by atoms with Crippen LogP contribution in [0.4, 0.5) is 18.9 Å². The second-order valence-corrected chi connectivity index (χ2v) is 6.51. The number of aryl methyl sites for hydroxylation is 1. The molecule has 1 aliphatic rings. The molecule has 0 fully saturated rings. The van der Waals surface area contributed by atoms with Crippen LogP contribution in [-0.2, 0) is 11.2 Å². The summed E-state index contributed by atoms with van der Waals surface area (Å²) in [6.07, 6.45) is -3.61. The van der Waals surface area contributed by atoms with Crippen molar-refractivity contribution in [3.63, 3.8) is 0 Å². The van der Waals surface area contributed by atoms with Crippen molar-refractivity contribution in [1.82, 2.24) is 5.32 Å². The van der Waals surface area contributed by atoms with Gasteiger partial charge >= 0.3 is 6.18 Å². The summed E-state index contributed by atoms with van der Waals surface area (Å²) in [5, 5.41) is 2.39. The Morgan fingerprint density at radius 3 is 2.52 bits per heavy atom. The van der Waals surface area contributed by atoms with Crippen molar-refractivity contribution < 1.29 is 22.8 Å². The van der Waals surface area contributed by atoms with Crippen molar-refractivity contribution in [3.8, 4) is 0 Å². The molecule has 2 aromatic carbocycles. The number of benzene rings is 2. The predicted octanol–water partition coefficient (Wildman–Crippen LogP) is 3.67. The van der Waals surface area contributed by atoms with Crippen molar-refractivity contribution in [2.24, 2.45) is 0 Å². The van der Waals surface area contributed by atoms with E-state index in [9.17, 15) is 22.8 Å². The van der Waals surface area contributed by atoms with Crippen LogP contribution in [0.1, 0.15) is 33.8 Å². The Hall–Kier alpha value is -2.83. The summed E-state index contributed by atoms with van der Waals surface area (Å²) in [6, 6.07) is 12.3. The number of alkyl halides is 3. The third-order valence-corrected chi connectivity index (χ3v) is 4.75. The average Bonchev–Trinajstić information content (AvgIpc) is 2.64. The number of carbonyl (C=O) groups is 2. The molecule has 0 aromatic heterocycles. The fraction of sp³-hybridized carbons (Fsp3) is 0.300. The Kier molecular flexibility index (Phi) is 5.21. The van der Waals surface area contributed by atoms with Crippen LogP contribution >= 0.6 is 0 Å². The largest absolute Gasteiger partial charge is 0.397 e. The first kappa shape index (κ1) is 18.9. The van der Waals surface area contributed by atoms with Gasteiger partial charge in [0, 0.05) is 31.3 Å². The van der Waals surface area contributed by atoms with E-state index in [-0.39, 0.29) is 17.0 Å². The van der Waals surface area contributed by atoms with Gasteiger partial charge in [-0.25, -0.2) is 0 Å². The summed E-state index contributed by atoms with van der Waals surface area (Å²) in [6.45, 7) is -0.540. The number of anilines is 1. The topological polar surface area (TPSA) is 49.4 Å². The molecule has 2 aromatic rings.